The van der Waals surface area contributed by atoms with Crippen LogP contribution in [-0.2, 0) is 0 Å². The Bertz CT molecular complexity index is 1710. The molecule has 1 saturated carbocycles. The Morgan fingerprint density at radius 2 is 2.05 bits per heavy atom. The van der Waals surface area contributed by atoms with E-state index in [1.165, 1.54) is 48.7 Å². The first-order valence-electron chi connectivity index (χ1n) is 12.3. The van der Waals surface area contributed by atoms with Gasteiger partial charge < -0.3 is 15.7 Å². The fourth-order valence-corrected chi connectivity index (χ4v) is 4.89. The summed E-state index contributed by atoms with van der Waals surface area (Å²) in [6.45, 7) is 0. The molecule has 4 heterocycles. The molecule has 11 nitrogen and oxygen atoms in total. The van der Waals surface area contributed by atoms with Gasteiger partial charge in [-0.05, 0) is 47.0 Å². The van der Waals surface area contributed by atoms with E-state index in [9.17, 15) is 9.60 Å². The summed E-state index contributed by atoms with van der Waals surface area (Å²) < 4.78 is 39.2. The number of nitrogen functional groups attached to an aromatic ring is 1. The van der Waals surface area contributed by atoms with Gasteiger partial charge in [0.25, 0.3) is 0 Å². The summed E-state index contributed by atoms with van der Waals surface area (Å²) in [5.41, 5.74) is 7.06. The average molecular weight is 566 g/mol. The number of aromatic nitrogens is 8. The van der Waals surface area contributed by atoms with Crippen LogP contribution in [0.1, 0.15) is 31.0 Å². The van der Waals surface area contributed by atoms with Gasteiger partial charge in [0.2, 0.25) is 11.6 Å². The zero-order chi connectivity index (χ0) is 28.0. The number of rotatable bonds is 8. The Hall–Kier alpha value is -4.65. The molecule has 2 N–H and O–H groups in total. The lowest BCUT2D eigenvalue weighted by molar-refractivity contribution is -0.615. The van der Waals surface area contributed by atoms with Crippen molar-refractivity contribution < 1.29 is 18.2 Å². The highest BCUT2D eigenvalue weighted by atomic mass is 35.5. The Balaban J connectivity index is 1.46. The van der Waals surface area contributed by atoms with Crippen molar-refractivity contribution in [3.8, 4) is 33.7 Å². The second-order valence-corrected chi connectivity index (χ2v) is 9.90. The van der Waals surface area contributed by atoms with E-state index in [1.807, 2.05) is 0 Å². The second kappa shape index (κ2) is 10.2. The third kappa shape index (κ3) is 4.68. The van der Waals surface area contributed by atoms with E-state index >= 15 is 4.39 Å². The van der Waals surface area contributed by atoms with Gasteiger partial charge in [-0.2, -0.15) is 18.9 Å². The molecule has 0 saturated heterocycles. The van der Waals surface area contributed by atoms with Gasteiger partial charge in [0.05, 0.1) is 41.2 Å². The SMILES string of the molecule is COc1cc(C(CC2CC2)n2cc(-c3ccc(N)nc3F)cn2)[n+]([O-])cc1-c1c(-n2cnnn2)ccc(Cl)c1F. The number of halogens is 3. The lowest BCUT2D eigenvalue weighted by atomic mass is 10.0. The summed E-state index contributed by atoms with van der Waals surface area (Å²) in [7, 11) is 1.43. The van der Waals surface area contributed by atoms with Crippen LogP contribution < -0.4 is 15.2 Å². The topological polar surface area (TPSA) is 136 Å². The van der Waals surface area contributed by atoms with Crippen LogP contribution in [0.5, 0.6) is 5.75 Å². The van der Waals surface area contributed by atoms with Crippen LogP contribution >= 0.6 is 11.6 Å². The van der Waals surface area contributed by atoms with Crippen molar-refractivity contribution in [3.05, 3.63) is 82.9 Å². The van der Waals surface area contributed by atoms with Crippen LogP contribution in [-0.4, -0.2) is 42.1 Å². The Kier molecular flexibility index (Phi) is 6.50. The third-order valence-electron chi connectivity index (χ3n) is 6.90. The molecular formula is C26H22ClF2N9O2. The van der Waals surface area contributed by atoms with E-state index < -0.39 is 17.8 Å². The fraction of sp³-hybridized carbons (Fsp3) is 0.231. The Labute approximate surface area is 231 Å². The highest BCUT2D eigenvalue weighted by molar-refractivity contribution is 6.31. The normalized spacial score (nSPS) is 13.9. The van der Waals surface area contributed by atoms with E-state index in [0.29, 0.717) is 28.3 Å². The van der Waals surface area contributed by atoms with Gasteiger partial charge >= 0.3 is 0 Å². The van der Waals surface area contributed by atoms with Crippen LogP contribution in [0, 0.1) is 22.9 Å². The number of tetrazole rings is 1. The van der Waals surface area contributed by atoms with Gasteiger partial charge in [0, 0.05) is 17.3 Å². The van der Waals surface area contributed by atoms with Crippen LogP contribution in [0.15, 0.2) is 55.2 Å². The van der Waals surface area contributed by atoms with Gasteiger partial charge in [-0.3, -0.25) is 4.68 Å². The van der Waals surface area contributed by atoms with E-state index in [0.717, 1.165) is 12.8 Å². The zero-order valence-electron chi connectivity index (χ0n) is 21.1. The van der Waals surface area contributed by atoms with Crippen LogP contribution in [0.3, 0.4) is 0 Å². The molecule has 14 heteroatoms. The van der Waals surface area contributed by atoms with E-state index in [4.69, 9.17) is 22.1 Å². The molecule has 4 aromatic heterocycles. The molecular weight excluding hydrogens is 544 g/mol. The number of hydrogen-bond donors (Lipinski definition) is 1. The van der Waals surface area contributed by atoms with Gasteiger partial charge in [-0.25, -0.2) is 9.37 Å². The van der Waals surface area contributed by atoms with Gasteiger partial charge in [0.1, 0.15) is 23.9 Å². The molecule has 5 aromatic rings. The smallest absolute Gasteiger partial charge is 0.222 e. The number of benzene rings is 1. The van der Waals surface area contributed by atoms with Crippen LogP contribution in [0.25, 0.3) is 27.9 Å². The molecule has 204 valence electrons. The minimum atomic E-state index is -0.758. The summed E-state index contributed by atoms with van der Waals surface area (Å²) in [4.78, 5) is 3.68. The molecule has 1 aromatic carbocycles. The predicted molar refractivity (Wildman–Crippen MR) is 140 cm³/mol. The number of nitrogens with two attached hydrogens (primary N) is 1. The van der Waals surface area contributed by atoms with Gasteiger partial charge in [0.15, 0.2) is 12.0 Å². The highest BCUT2D eigenvalue weighted by Crippen LogP contribution is 2.42. The minimum absolute atomic E-state index is 0.000700. The first-order chi connectivity index (χ1) is 19.3. The number of nitrogens with zero attached hydrogens (tertiary/aromatic N) is 8. The maximum atomic E-state index is 15.5. The van der Waals surface area contributed by atoms with Crippen molar-refractivity contribution >= 4 is 17.4 Å². The summed E-state index contributed by atoms with van der Waals surface area (Å²) in [6, 6.07) is 7.02. The molecule has 0 spiro atoms. The van der Waals surface area contributed by atoms with Gasteiger partial charge in [-0.1, -0.05) is 24.4 Å². The first kappa shape index (κ1) is 25.6. The first-order valence-corrected chi connectivity index (χ1v) is 12.7. The number of pyridine rings is 2. The molecule has 1 unspecified atom stereocenters. The predicted octanol–water partition coefficient (Wildman–Crippen LogP) is 4.13. The number of ether oxygens (including phenoxy) is 1. The van der Waals surface area contributed by atoms with Crippen LogP contribution in [0.4, 0.5) is 14.6 Å². The van der Waals surface area contributed by atoms with Gasteiger partial charge in [-0.15, -0.1) is 5.10 Å². The summed E-state index contributed by atoms with van der Waals surface area (Å²) in [5.74, 6) is -0.773. The lowest BCUT2D eigenvalue weighted by Crippen LogP contribution is -2.36. The maximum absolute atomic E-state index is 15.5. The maximum Gasteiger partial charge on any atom is 0.222 e. The molecule has 0 aliphatic heterocycles. The molecule has 1 aliphatic rings. The lowest BCUT2D eigenvalue weighted by Gasteiger charge is -2.20. The molecule has 0 amide bonds. The quantitative estimate of drug-likeness (QED) is 0.168. The van der Waals surface area contributed by atoms with Crippen molar-refractivity contribution in [1.82, 2.24) is 35.0 Å². The summed E-state index contributed by atoms with van der Waals surface area (Å²) in [5, 5.41) is 29.0. The van der Waals surface area contributed by atoms with Crippen LogP contribution in [0.2, 0.25) is 5.02 Å². The molecule has 6 rings (SSSR count). The van der Waals surface area contributed by atoms with Crippen molar-refractivity contribution in [1.29, 1.82) is 0 Å². The van der Waals surface area contributed by atoms with Crippen molar-refractivity contribution in [2.75, 3.05) is 12.8 Å². The molecule has 40 heavy (non-hydrogen) atoms. The Morgan fingerprint density at radius 3 is 2.75 bits per heavy atom. The average Bonchev–Trinajstić information content (AvgIpc) is 3.36. The summed E-state index contributed by atoms with van der Waals surface area (Å²) >= 11 is 6.12. The second-order valence-electron chi connectivity index (χ2n) is 9.49. The summed E-state index contributed by atoms with van der Waals surface area (Å²) in [6.07, 6.45) is 8.39. The molecule has 0 bridgehead atoms. The molecule has 1 atom stereocenters. The minimum Gasteiger partial charge on any atom is -0.618 e. The molecule has 0 radical (unpaired) electrons. The largest absolute Gasteiger partial charge is 0.618 e. The fourth-order valence-electron chi connectivity index (χ4n) is 4.73. The zero-order valence-corrected chi connectivity index (χ0v) is 21.8. The molecule has 1 fully saturated rings. The third-order valence-corrected chi connectivity index (χ3v) is 7.19. The number of hydrogen-bond acceptors (Lipinski definition) is 8. The van der Waals surface area contributed by atoms with Crippen molar-refractivity contribution in [3.63, 3.8) is 0 Å². The highest BCUT2D eigenvalue weighted by Gasteiger charge is 2.34. The molecule has 1 aliphatic carbocycles. The van der Waals surface area contributed by atoms with E-state index in [2.05, 4.69) is 25.6 Å². The number of anilines is 1. The standard InChI is InChI=1S/C26H22ClF2N9O2/c1-40-22-9-21(38(39)12-17(22)24-19(37-13-31-34-35-37)6-5-18(27)25(24)28)20(8-14-2-3-14)36-11-15(10-32-36)16-4-7-23(30)33-26(16)29/h4-7,9-14,20H,2-3,8H2,1H3,(H2,30,33). The van der Waals surface area contributed by atoms with Crippen molar-refractivity contribution in [2.24, 2.45) is 5.92 Å². The van der Waals surface area contributed by atoms with E-state index in [1.54, 1.807) is 23.0 Å². The number of methoxy groups -OCH3 is 1. The van der Waals surface area contributed by atoms with Crippen molar-refractivity contribution in [2.45, 2.75) is 25.3 Å². The van der Waals surface area contributed by atoms with E-state index in [-0.39, 0.29) is 39.0 Å². The Morgan fingerprint density at radius 1 is 1.23 bits per heavy atom. The monoisotopic (exact) mass is 565 g/mol.